The molecule has 7 heteroatoms. The Bertz CT molecular complexity index is 1460. The molecule has 1 amide bonds. The highest BCUT2D eigenvalue weighted by molar-refractivity contribution is 6.10. The highest BCUT2D eigenvalue weighted by atomic mass is 19.1. The van der Waals surface area contributed by atoms with Crippen LogP contribution in [-0.4, -0.2) is 19.1 Å². The van der Waals surface area contributed by atoms with Gasteiger partial charge in [-0.1, -0.05) is 31.2 Å². The van der Waals surface area contributed by atoms with E-state index in [9.17, 15) is 14.0 Å². The normalized spacial score (nSPS) is 14.9. The standard InChI is InChI=1S/C28H24FNO5/c1-3-14-34-22-12-10-17(15-23(22)33-4-2)25-24-26(31)20-16-18(29)11-13-21(20)35-27(24)28(32)30(25)19-8-6-5-7-9-19/h5-13,15-16,25H,3-4,14H2,1-2H3. The van der Waals surface area contributed by atoms with Gasteiger partial charge >= 0.3 is 0 Å². The second-order valence-electron chi connectivity index (χ2n) is 8.22. The molecule has 1 atom stereocenters. The fraction of sp³-hybridized carbons (Fsp3) is 0.214. The molecule has 1 aromatic heterocycles. The van der Waals surface area contributed by atoms with Crippen LogP contribution in [0.3, 0.4) is 0 Å². The zero-order chi connectivity index (χ0) is 24.5. The van der Waals surface area contributed by atoms with Crippen LogP contribution in [0.1, 0.15) is 48.0 Å². The SMILES string of the molecule is CCCOc1ccc(C2c3c(oc4ccc(F)cc4c3=O)C(=O)N2c2ccccc2)cc1OCC. The summed E-state index contributed by atoms with van der Waals surface area (Å²) in [7, 11) is 0. The Kier molecular flexibility index (Phi) is 5.99. The second kappa shape index (κ2) is 9.25. The van der Waals surface area contributed by atoms with Gasteiger partial charge in [-0.05, 0) is 61.4 Å². The van der Waals surface area contributed by atoms with Crippen molar-refractivity contribution in [3.8, 4) is 11.5 Å². The van der Waals surface area contributed by atoms with Gasteiger partial charge in [0, 0.05) is 5.69 Å². The van der Waals surface area contributed by atoms with Gasteiger partial charge in [0.2, 0.25) is 5.76 Å². The Hall–Kier alpha value is -4.13. The maximum Gasteiger partial charge on any atom is 0.295 e. The fourth-order valence-electron chi connectivity index (χ4n) is 4.41. The van der Waals surface area contributed by atoms with E-state index in [4.69, 9.17) is 13.9 Å². The Balaban J connectivity index is 1.75. The molecule has 0 fully saturated rings. The summed E-state index contributed by atoms with van der Waals surface area (Å²) >= 11 is 0. The van der Waals surface area contributed by atoms with Gasteiger partial charge in [0.25, 0.3) is 5.91 Å². The molecule has 2 heterocycles. The van der Waals surface area contributed by atoms with Crippen molar-refractivity contribution in [3.63, 3.8) is 0 Å². The maximum atomic E-state index is 14.0. The molecular formula is C28H24FNO5. The molecule has 5 rings (SSSR count). The quantitative estimate of drug-likeness (QED) is 0.336. The number of hydrogen-bond donors (Lipinski definition) is 0. The lowest BCUT2D eigenvalue weighted by molar-refractivity contribution is 0.0971. The van der Waals surface area contributed by atoms with Gasteiger partial charge in [0.05, 0.1) is 30.2 Å². The monoisotopic (exact) mass is 473 g/mol. The van der Waals surface area contributed by atoms with Crippen LogP contribution in [0.5, 0.6) is 11.5 Å². The van der Waals surface area contributed by atoms with Crippen LogP contribution in [0.25, 0.3) is 11.0 Å². The summed E-state index contributed by atoms with van der Waals surface area (Å²) in [5.74, 6) is 0.0575. The molecule has 0 bridgehead atoms. The maximum absolute atomic E-state index is 14.0. The van der Waals surface area contributed by atoms with Crippen molar-refractivity contribution in [2.45, 2.75) is 26.3 Å². The number of amides is 1. The molecule has 0 N–H and O–H groups in total. The molecule has 0 aliphatic carbocycles. The Morgan fingerprint density at radius 2 is 1.74 bits per heavy atom. The fourth-order valence-corrected chi connectivity index (χ4v) is 4.41. The van der Waals surface area contributed by atoms with Crippen LogP contribution in [0.2, 0.25) is 0 Å². The Morgan fingerprint density at radius 1 is 0.943 bits per heavy atom. The van der Waals surface area contributed by atoms with Gasteiger partial charge in [-0.2, -0.15) is 0 Å². The first kappa shape index (κ1) is 22.7. The zero-order valence-electron chi connectivity index (χ0n) is 19.4. The van der Waals surface area contributed by atoms with Crippen molar-refractivity contribution in [1.29, 1.82) is 0 Å². The van der Waals surface area contributed by atoms with E-state index in [1.165, 1.54) is 17.0 Å². The molecule has 3 aromatic carbocycles. The van der Waals surface area contributed by atoms with Crippen molar-refractivity contribution in [3.05, 3.63) is 99.7 Å². The number of fused-ring (bicyclic) bond motifs is 2. The van der Waals surface area contributed by atoms with Crippen LogP contribution >= 0.6 is 0 Å². The molecule has 4 aromatic rings. The number of ether oxygens (including phenoxy) is 2. The highest BCUT2D eigenvalue weighted by Gasteiger charge is 2.44. The highest BCUT2D eigenvalue weighted by Crippen LogP contribution is 2.43. The number of rotatable bonds is 7. The van der Waals surface area contributed by atoms with E-state index in [2.05, 4.69) is 0 Å². The minimum Gasteiger partial charge on any atom is -0.490 e. The van der Waals surface area contributed by atoms with Crippen LogP contribution in [0.4, 0.5) is 10.1 Å². The number of carbonyl (C=O) groups is 1. The average molecular weight is 474 g/mol. The lowest BCUT2D eigenvalue weighted by atomic mass is 9.97. The van der Waals surface area contributed by atoms with Gasteiger partial charge in [-0.25, -0.2) is 4.39 Å². The third-order valence-electron chi connectivity index (χ3n) is 5.91. The second-order valence-corrected chi connectivity index (χ2v) is 8.22. The summed E-state index contributed by atoms with van der Waals surface area (Å²) in [5, 5.41) is 0.0874. The van der Waals surface area contributed by atoms with E-state index < -0.39 is 23.2 Å². The predicted molar refractivity (Wildman–Crippen MR) is 131 cm³/mol. The van der Waals surface area contributed by atoms with Crippen LogP contribution in [0, 0.1) is 5.82 Å². The van der Waals surface area contributed by atoms with Crippen LogP contribution < -0.4 is 19.8 Å². The third-order valence-corrected chi connectivity index (χ3v) is 5.91. The molecule has 0 spiro atoms. The third kappa shape index (κ3) is 3.93. The molecule has 178 valence electrons. The average Bonchev–Trinajstić information content (AvgIpc) is 3.17. The summed E-state index contributed by atoms with van der Waals surface area (Å²) in [6.07, 6.45) is 0.838. The molecule has 1 unspecified atom stereocenters. The summed E-state index contributed by atoms with van der Waals surface area (Å²) in [5.41, 5.74) is 1.14. The Morgan fingerprint density at radius 3 is 2.49 bits per heavy atom. The van der Waals surface area contributed by atoms with Crippen molar-refractivity contribution in [1.82, 2.24) is 0 Å². The van der Waals surface area contributed by atoms with Crippen LogP contribution in [0.15, 0.2) is 75.9 Å². The van der Waals surface area contributed by atoms with Gasteiger partial charge in [-0.3, -0.25) is 14.5 Å². The lowest BCUT2D eigenvalue weighted by Crippen LogP contribution is -2.29. The lowest BCUT2D eigenvalue weighted by Gasteiger charge is -2.26. The number of benzene rings is 3. The molecule has 0 saturated heterocycles. The van der Waals surface area contributed by atoms with E-state index in [0.717, 1.165) is 12.5 Å². The number of halogens is 1. The number of carbonyl (C=O) groups excluding carboxylic acids is 1. The number of nitrogens with zero attached hydrogens (tertiary/aromatic N) is 1. The topological polar surface area (TPSA) is 69.0 Å². The zero-order valence-corrected chi connectivity index (χ0v) is 19.4. The van der Waals surface area contributed by atoms with Crippen LogP contribution in [-0.2, 0) is 0 Å². The van der Waals surface area contributed by atoms with E-state index in [1.54, 1.807) is 24.3 Å². The first-order valence-corrected chi connectivity index (χ1v) is 11.6. The van der Waals surface area contributed by atoms with E-state index in [-0.39, 0.29) is 22.3 Å². The minimum atomic E-state index is -0.789. The molecule has 0 radical (unpaired) electrons. The first-order chi connectivity index (χ1) is 17.0. The van der Waals surface area contributed by atoms with Crippen molar-refractivity contribution >= 4 is 22.6 Å². The summed E-state index contributed by atoms with van der Waals surface area (Å²) in [6.45, 7) is 4.83. The van der Waals surface area contributed by atoms with Gasteiger partial charge in [-0.15, -0.1) is 0 Å². The molecular weight excluding hydrogens is 449 g/mol. The number of hydrogen-bond acceptors (Lipinski definition) is 5. The van der Waals surface area contributed by atoms with Crippen molar-refractivity contribution in [2.75, 3.05) is 18.1 Å². The van der Waals surface area contributed by atoms with Crippen molar-refractivity contribution in [2.24, 2.45) is 0 Å². The molecule has 0 saturated carbocycles. The van der Waals surface area contributed by atoms with E-state index >= 15 is 0 Å². The molecule has 1 aliphatic heterocycles. The predicted octanol–water partition coefficient (Wildman–Crippen LogP) is 5.87. The first-order valence-electron chi connectivity index (χ1n) is 11.6. The summed E-state index contributed by atoms with van der Waals surface area (Å²) < 4.78 is 31.6. The van der Waals surface area contributed by atoms with Gasteiger partial charge in [0.15, 0.2) is 16.9 Å². The van der Waals surface area contributed by atoms with E-state index in [1.807, 2.05) is 38.1 Å². The van der Waals surface area contributed by atoms with Gasteiger partial charge in [0.1, 0.15) is 11.4 Å². The Labute approximate surface area is 201 Å². The van der Waals surface area contributed by atoms with Gasteiger partial charge < -0.3 is 13.9 Å². The summed E-state index contributed by atoms with van der Waals surface area (Å²) in [4.78, 5) is 28.8. The number of anilines is 1. The molecule has 1 aliphatic rings. The summed E-state index contributed by atoms with van der Waals surface area (Å²) in [6, 6.07) is 17.4. The van der Waals surface area contributed by atoms with Crippen molar-refractivity contribution < 1.29 is 23.1 Å². The molecule has 35 heavy (non-hydrogen) atoms. The largest absolute Gasteiger partial charge is 0.490 e. The van der Waals surface area contributed by atoms with E-state index in [0.29, 0.717) is 36.0 Å². The number of para-hydroxylation sites is 1. The molecule has 6 nitrogen and oxygen atoms in total. The smallest absolute Gasteiger partial charge is 0.295 e. The minimum absolute atomic E-state index is 0.0489.